The zero-order chi connectivity index (χ0) is 21.1. The maximum atomic E-state index is 11.6. The van der Waals surface area contributed by atoms with Gasteiger partial charge in [0.25, 0.3) is 11.1 Å². The van der Waals surface area contributed by atoms with Crippen LogP contribution >= 0.6 is 11.8 Å². The SMILES string of the molecule is CCCSc1nnc(-c2cc(-c3ccccc3)n(-c3ccc(S(N)(=O)=O)cc3)n2)o1. The van der Waals surface area contributed by atoms with Gasteiger partial charge in [0.2, 0.25) is 10.0 Å². The van der Waals surface area contributed by atoms with Crippen LogP contribution in [0.15, 0.2) is 75.2 Å². The molecule has 0 atom stereocenters. The lowest BCUT2D eigenvalue weighted by Gasteiger charge is -2.08. The van der Waals surface area contributed by atoms with E-state index in [0.717, 1.165) is 23.4 Å². The van der Waals surface area contributed by atoms with E-state index in [2.05, 4.69) is 22.2 Å². The van der Waals surface area contributed by atoms with Crippen molar-refractivity contribution in [3.05, 3.63) is 60.7 Å². The third-order valence-corrected chi connectivity index (χ3v) is 6.20. The molecule has 2 aromatic heterocycles. The van der Waals surface area contributed by atoms with Gasteiger partial charge >= 0.3 is 0 Å². The van der Waals surface area contributed by atoms with Crippen molar-refractivity contribution < 1.29 is 12.8 Å². The molecule has 154 valence electrons. The van der Waals surface area contributed by atoms with E-state index in [-0.39, 0.29) is 4.90 Å². The first-order valence-corrected chi connectivity index (χ1v) is 11.7. The van der Waals surface area contributed by atoms with E-state index in [1.54, 1.807) is 16.8 Å². The molecule has 4 aromatic rings. The molecule has 0 radical (unpaired) electrons. The minimum Gasteiger partial charge on any atom is -0.410 e. The second-order valence-electron chi connectivity index (χ2n) is 6.45. The van der Waals surface area contributed by atoms with Gasteiger partial charge in [-0.05, 0) is 36.8 Å². The Morgan fingerprint density at radius 1 is 1.07 bits per heavy atom. The molecule has 0 fully saturated rings. The summed E-state index contributed by atoms with van der Waals surface area (Å²) in [5.74, 6) is 1.22. The van der Waals surface area contributed by atoms with Crippen LogP contribution in [0.5, 0.6) is 0 Å². The van der Waals surface area contributed by atoms with Gasteiger partial charge in [-0.1, -0.05) is 49.0 Å². The number of thioether (sulfide) groups is 1. The van der Waals surface area contributed by atoms with E-state index in [9.17, 15) is 8.42 Å². The van der Waals surface area contributed by atoms with E-state index in [0.29, 0.717) is 22.5 Å². The van der Waals surface area contributed by atoms with Crippen molar-refractivity contribution >= 4 is 21.8 Å². The number of aromatic nitrogens is 4. The first-order chi connectivity index (χ1) is 14.5. The molecule has 0 aliphatic carbocycles. The van der Waals surface area contributed by atoms with E-state index in [1.165, 1.54) is 23.9 Å². The van der Waals surface area contributed by atoms with Gasteiger partial charge in [-0.15, -0.1) is 10.2 Å². The first kappa shape index (κ1) is 20.3. The minimum atomic E-state index is -3.77. The average molecular weight is 442 g/mol. The predicted molar refractivity (Wildman–Crippen MR) is 115 cm³/mol. The second kappa shape index (κ2) is 8.42. The monoisotopic (exact) mass is 441 g/mol. The van der Waals surface area contributed by atoms with Crippen molar-refractivity contribution in [1.29, 1.82) is 0 Å². The molecule has 0 amide bonds. The van der Waals surface area contributed by atoms with Crippen LogP contribution < -0.4 is 5.14 Å². The molecule has 0 saturated heterocycles. The quantitative estimate of drug-likeness (QED) is 0.434. The largest absolute Gasteiger partial charge is 0.410 e. The molecule has 4 rings (SSSR count). The topological polar surface area (TPSA) is 117 Å². The zero-order valence-electron chi connectivity index (χ0n) is 16.1. The molecule has 30 heavy (non-hydrogen) atoms. The first-order valence-electron chi connectivity index (χ1n) is 9.21. The van der Waals surface area contributed by atoms with Gasteiger partial charge in [0.05, 0.1) is 16.3 Å². The summed E-state index contributed by atoms with van der Waals surface area (Å²) in [6.07, 6.45) is 1.00. The van der Waals surface area contributed by atoms with Crippen molar-refractivity contribution in [3.8, 4) is 28.5 Å². The fourth-order valence-electron chi connectivity index (χ4n) is 2.83. The number of primary sulfonamides is 1. The van der Waals surface area contributed by atoms with Crippen LogP contribution in [0.1, 0.15) is 13.3 Å². The van der Waals surface area contributed by atoms with Crippen molar-refractivity contribution in [3.63, 3.8) is 0 Å². The van der Waals surface area contributed by atoms with Crippen LogP contribution in [0.25, 0.3) is 28.5 Å². The Labute approximate surface area is 178 Å². The summed E-state index contributed by atoms with van der Waals surface area (Å²) in [5, 5.41) is 18.5. The van der Waals surface area contributed by atoms with Gasteiger partial charge in [0, 0.05) is 11.3 Å². The lowest BCUT2D eigenvalue weighted by Crippen LogP contribution is -2.12. The Bertz CT molecular complexity index is 1250. The average Bonchev–Trinajstić information content (AvgIpc) is 3.40. The van der Waals surface area contributed by atoms with Crippen LogP contribution in [-0.2, 0) is 10.0 Å². The summed E-state index contributed by atoms with van der Waals surface area (Å²) < 4.78 is 30.6. The summed E-state index contributed by atoms with van der Waals surface area (Å²) >= 11 is 1.50. The van der Waals surface area contributed by atoms with Gasteiger partial charge in [-0.25, -0.2) is 18.2 Å². The summed E-state index contributed by atoms with van der Waals surface area (Å²) in [5.41, 5.74) is 2.94. The molecule has 0 bridgehead atoms. The third-order valence-electron chi connectivity index (χ3n) is 4.24. The van der Waals surface area contributed by atoms with Gasteiger partial charge in [0.1, 0.15) is 0 Å². The Hall–Kier alpha value is -2.95. The molecule has 0 saturated carbocycles. The number of nitrogens with two attached hydrogens (primary N) is 1. The number of nitrogens with zero attached hydrogens (tertiary/aromatic N) is 4. The summed E-state index contributed by atoms with van der Waals surface area (Å²) in [4.78, 5) is 0.0365. The molecular weight excluding hydrogens is 422 g/mol. The van der Waals surface area contributed by atoms with E-state index < -0.39 is 10.0 Å². The smallest absolute Gasteiger partial charge is 0.276 e. The van der Waals surface area contributed by atoms with Crippen LogP contribution in [-0.4, -0.2) is 34.1 Å². The molecule has 10 heteroatoms. The lowest BCUT2D eigenvalue weighted by atomic mass is 10.1. The highest BCUT2D eigenvalue weighted by Crippen LogP contribution is 2.29. The number of rotatable bonds is 7. The highest BCUT2D eigenvalue weighted by Gasteiger charge is 2.18. The van der Waals surface area contributed by atoms with Gasteiger partial charge in [-0.3, -0.25) is 0 Å². The highest BCUT2D eigenvalue weighted by molar-refractivity contribution is 7.99. The molecule has 2 heterocycles. The Morgan fingerprint density at radius 3 is 2.47 bits per heavy atom. The Kier molecular flexibility index (Phi) is 5.71. The van der Waals surface area contributed by atoms with Gasteiger partial charge in [-0.2, -0.15) is 5.10 Å². The Morgan fingerprint density at radius 2 is 1.80 bits per heavy atom. The third kappa shape index (κ3) is 4.30. The zero-order valence-corrected chi connectivity index (χ0v) is 17.7. The fourth-order valence-corrected chi connectivity index (χ4v) is 3.97. The maximum absolute atomic E-state index is 11.6. The van der Waals surface area contributed by atoms with Crippen molar-refractivity contribution in [2.75, 3.05) is 5.75 Å². The second-order valence-corrected chi connectivity index (χ2v) is 9.06. The van der Waals surface area contributed by atoms with Gasteiger partial charge in [0.15, 0.2) is 5.69 Å². The number of hydrogen-bond acceptors (Lipinski definition) is 7. The molecule has 0 spiro atoms. The number of hydrogen-bond donors (Lipinski definition) is 1. The minimum absolute atomic E-state index is 0.0365. The molecule has 8 nitrogen and oxygen atoms in total. The Balaban J connectivity index is 1.78. The van der Waals surface area contributed by atoms with Crippen LogP contribution in [0.3, 0.4) is 0 Å². The van der Waals surface area contributed by atoms with Crippen LogP contribution in [0.2, 0.25) is 0 Å². The van der Waals surface area contributed by atoms with E-state index >= 15 is 0 Å². The molecule has 0 aliphatic heterocycles. The fraction of sp³-hybridized carbons (Fsp3) is 0.150. The molecule has 0 unspecified atom stereocenters. The summed E-state index contributed by atoms with van der Waals surface area (Å²) in [6.45, 7) is 2.08. The van der Waals surface area contributed by atoms with E-state index in [1.807, 2.05) is 36.4 Å². The lowest BCUT2D eigenvalue weighted by molar-refractivity contribution is 0.464. The summed E-state index contributed by atoms with van der Waals surface area (Å²) in [6, 6.07) is 17.8. The molecule has 2 aromatic carbocycles. The highest BCUT2D eigenvalue weighted by atomic mass is 32.2. The predicted octanol–water partition coefficient (Wildman–Crippen LogP) is 3.74. The van der Waals surface area contributed by atoms with Crippen molar-refractivity contribution in [1.82, 2.24) is 20.0 Å². The molecule has 0 aliphatic rings. The van der Waals surface area contributed by atoms with Crippen LogP contribution in [0.4, 0.5) is 0 Å². The molecular formula is C20H19N5O3S2. The standard InChI is InChI=1S/C20H19N5O3S2/c1-2-12-29-20-23-22-19(28-20)17-13-18(14-6-4-3-5-7-14)25(24-17)15-8-10-16(11-9-15)30(21,26)27/h3-11,13H,2,12H2,1H3,(H2,21,26,27). The molecule has 2 N–H and O–H groups in total. The number of sulfonamides is 1. The van der Waals surface area contributed by atoms with Crippen molar-refractivity contribution in [2.45, 2.75) is 23.5 Å². The van der Waals surface area contributed by atoms with Crippen molar-refractivity contribution in [2.24, 2.45) is 5.14 Å². The van der Waals surface area contributed by atoms with Gasteiger partial charge < -0.3 is 4.42 Å². The normalized spacial score (nSPS) is 11.7. The van der Waals surface area contributed by atoms with E-state index in [4.69, 9.17) is 9.56 Å². The summed E-state index contributed by atoms with van der Waals surface area (Å²) in [7, 11) is -3.77. The maximum Gasteiger partial charge on any atom is 0.276 e. The number of benzene rings is 2. The van der Waals surface area contributed by atoms with Crippen LogP contribution in [0, 0.1) is 0 Å².